The van der Waals surface area contributed by atoms with Gasteiger partial charge in [-0.1, -0.05) is 0 Å². The number of aliphatic hydroxyl groups is 1. The Hall–Kier alpha value is -1.71. The molecule has 1 heterocycles. The van der Waals surface area contributed by atoms with Crippen molar-refractivity contribution in [1.82, 2.24) is 4.98 Å². The van der Waals surface area contributed by atoms with Crippen LogP contribution < -0.4 is 9.47 Å². The van der Waals surface area contributed by atoms with Gasteiger partial charge < -0.3 is 14.6 Å². The van der Waals surface area contributed by atoms with Crippen molar-refractivity contribution in [2.45, 2.75) is 19.1 Å². The van der Waals surface area contributed by atoms with E-state index in [9.17, 15) is 26.3 Å². The summed E-state index contributed by atoms with van der Waals surface area (Å²) < 4.78 is 81.8. The molecule has 1 rings (SSSR count). The molecule has 0 atom stereocenters. The molecule has 0 aliphatic carbocycles. The SMILES string of the molecule is COc1cc(CO)c(C(F)(F)F)c(OC(F)(F)F)n1. The number of methoxy groups -OCH3 is 1. The fourth-order valence-electron chi connectivity index (χ4n) is 1.26. The molecule has 0 bridgehead atoms. The quantitative estimate of drug-likeness (QED) is 0.869. The average molecular weight is 291 g/mol. The van der Waals surface area contributed by atoms with Crippen LogP contribution in [0.15, 0.2) is 6.07 Å². The number of alkyl halides is 6. The van der Waals surface area contributed by atoms with E-state index >= 15 is 0 Å². The van der Waals surface area contributed by atoms with Crippen molar-refractivity contribution in [3.05, 3.63) is 17.2 Å². The Bertz CT molecular complexity index is 456. The fourth-order valence-corrected chi connectivity index (χ4v) is 1.26. The first-order valence-corrected chi connectivity index (χ1v) is 4.60. The van der Waals surface area contributed by atoms with Gasteiger partial charge in [-0.2, -0.15) is 18.2 Å². The second-order valence-corrected chi connectivity index (χ2v) is 3.21. The molecule has 0 aliphatic heterocycles. The molecule has 10 heteroatoms. The minimum absolute atomic E-state index is 0.545. The van der Waals surface area contributed by atoms with Gasteiger partial charge in [0.05, 0.1) is 13.7 Å². The van der Waals surface area contributed by atoms with E-state index in [2.05, 4.69) is 14.5 Å². The normalized spacial score (nSPS) is 12.4. The van der Waals surface area contributed by atoms with Crippen LogP contribution in [0.25, 0.3) is 0 Å². The Kier molecular flexibility index (Phi) is 4.13. The second-order valence-electron chi connectivity index (χ2n) is 3.21. The third-order valence-electron chi connectivity index (χ3n) is 1.92. The predicted molar refractivity (Wildman–Crippen MR) is 48.4 cm³/mol. The monoisotopic (exact) mass is 291 g/mol. The topological polar surface area (TPSA) is 51.6 Å². The predicted octanol–water partition coefficient (Wildman–Crippen LogP) is 2.50. The lowest BCUT2D eigenvalue weighted by atomic mass is 10.1. The van der Waals surface area contributed by atoms with Crippen LogP contribution in [0.3, 0.4) is 0 Å². The van der Waals surface area contributed by atoms with Gasteiger partial charge in [0.15, 0.2) is 0 Å². The lowest BCUT2D eigenvalue weighted by Crippen LogP contribution is -2.22. The van der Waals surface area contributed by atoms with Crippen LogP contribution in [-0.4, -0.2) is 23.6 Å². The van der Waals surface area contributed by atoms with Gasteiger partial charge in [0.2, 0.25) is 11.8 Å². The number of ether oxygens (including phenoxy) is 2. The van der Waals surface area contributed by atoms with Gasteiger partial charge in [0.1, 0.15) is 5.56 Å². The number of halogens is 6. The van der Waals surface area contributed by atoms with E-state index in [1.54, 1.807) is 0 Å². The van der Waals surface area contributed by atoms with Crippen molar-refractivity contribution in [2.75, 3.05) is 7.11 Å². The number of hydrogen-bond donors (Lipinski definition) is 1. The highest BCUT2D eigenvalue weighted by molar-refractivity contribution is 5.41. The van der Waals surface area contributed by atoms with Crippen molar-refractivity contribution < 1.29 is 40.9 Å². The number of nitrogens with zero attached hydrogens (tertiary/aromatic N) is 1. The summed E-state index contributed by atoms with van der Waals surface area (Å²) in [5.74, 6) is -2.26. The zero-order valence-corrected chi connectivity index (χ0v) is 9.26. The van der Waals surface area contributed by atoms with E-state index in [1.165, 1.54) is 0 Å². The largest absolute Gasteiger partial charge is 0.574 e. The molecule has 0 radical (unpaired) electrons. The molecule has 4 nitrogen and oxygen atoms in total. The Morgan fingerprint density at radius 1 is 1.21 bits per heavy atom. The number of aromatic nitrogens is 1. The molecule has 0 saturated heterocycles. The van der Waals surface area contributed by atoms with Crippen molar-refractivity contribution >= 4 is 0 Å². The molecular weight excluding hydrogens is 284 g/mol. The van der Waals surface area contributed by atoms with Crippen LogP contribution in [0.1, 0.15) is 11.1 Å². The van der Waals surface area contributed by atoms with Crippen molar-refractivity contribution in [1.29, 1.82) is 0 Å². The molecule has 1 aromatic rings. The summed E-state index contributed by atoms with van der Waals surface area (Å²) in [6.07, 6.45) is -10.5. The number of pyridine rings is 1. The molecule has 0 unspecified atom stereocenters. The summed E-state index contributed by atoms with van der Waals surface area (Å²) in [6, 6.07) is 0.673. The molecule has 1 aromatic heterocycles. The Labute approximate surface area is 102 Å². The van der Waals surface area contributed by atoms with Crippen molar-refractivity contribution in [2.24, 2.45) is 0 Å². The molecule has 19 heavy (non-hydrogen) atoms. The van der Waals surface area contributed by atoms with E-state index < -0.39 is 42.0 Å². The van der Waals surface area contributed by atoms with Gasteiger partial charge >= 0.3 is 12.5 Å². The minimum Gasteiger partial charge on any atom is -0.481 e. The highest BCUT2D eigenvalue weighted by Crippen LogP contribution is 2.40. The number of aliphatic hydroxyl groups excluding tert-OH is 1. The van der Waals surface area contributed by atoms with Crippen molar-refractivity contribution in [3.63, 3.8) is 0 Å². The molecule has 1 N–H and O–H groups in total. The van der Waals surface area contributed by atoms with E-state index in [-0.39, 0.29) is 0 Å². The van der Waals surface area contributed by atoms with Gasteiger partial charge in [-0.3, -0.25) is 0 Å². The summed E-state index contributed by atoms with van der Waals surface area (Å²) in [6.45, 7) is -1.15. The third kappa shape index (κ3) is 3.88. The molecule has 108 valence electrons. The number of hydrogen-bond acceptors (Lipinski definition) is 4. The molecule has 0 aliphatic rings. The second kappa shape index (κ2) is 5.11. The molecule has 0 amide bonds. The zero-order valence-electron chi connectivity index (χ0n) is 9.26. The summed E-state index contributed by atoms with van der Waals surface area (Å²) in [7, 11) is 0.994. The smallest absolute Gasteiger partial charge is 0.481 e. The fraction of sp³-hybridized carbons (Fsp3) is 0.444. The average Bonchev–Trinajstić information content (AvgIpc) is 2.23. The Morgan fingerprint density at radius 2 is 1.79 bits per heavy atom. The lowest BCUT2D eigenvalue weighted by Gasteiger charge is -2.17. The summed E-state index contributed by atoms with van der Waals surface area (Å²) in [5, 5.41) is 8.80. The van der Waals surface area contributed by atoms with E-state index in [4.69, 9.17) is 5.11 Å². The van der Waals surface area contributed by atoms with Gasteiger partial charge in [-0.15, -0.1) is 13.2 Å². The Morgan fingerprint density at radius 3 is 2.16 bits per heavy atom. The maximum absolute atomic E-state index is 12.7. The molecule has 0 spiro atoms. The van der Waals surface area contributed by atoms with Gasteiger partial charge in [-0.25, -0.2) is 0 Å². The van der Waals surface area contributed by atoms with Crippen molar-refractivity contribution in [3.8, 4) is 11.8 Å². The standard InChI is InChI=1S/C9H7F6NO3/c1-18-5-2-4(3-17)6(8(10,11)12)7(16-5)19-9(13,14)15/h2,17H,3H2,1H3. The first-order chi connectivity index (χ1) is 8.58. The van der Waals surface area contributed by atoms with Crippen LogP contribution in [-0.2, 0) is 12.8 Å². The lowest BCUT2D eigenvalue weighted by molar-refractivity contribution is -0.278. The summed E-state index contributed by atoms with van der Waals surface area (Å²) in [5.41, 5.74) is -2.63. The van der Waals surface area contributed by atoms with Gasteiger partial charge in [0, 0.05) is 11.6 Å². The van der Waals surface area contributed by atoms with Crippen LogP contribution >= 0.6 is 0 Å². The minimum atomic E-state index is -5.36. The summed E-state index contributed by atoms with van der Waals surface area (Å²) >= 11 is 0. The highest BCUT2D eigenvalue weighted by Gasteiger charge is 2.42. The van der Waals surface area contributed by atoms with Crippen LogP contribution in [0.5, 0.6) is 11.8 Å². The van der Waals surface area contributed by atoms with E-state index in [1.807, 2.05) is 0 Å². The maximum atomic E-state index is 12.7. The van der Waals surface area contributed by atoms with Crippen LogP contribution in [0, 0.1) is 0 Å². The van der Waals surface area contributed by atoms with E-state index in [0.717, 1.165) is 7.11 Å². The third-order valence-corrected chi connectivity index (χ3v) is 1.92. The first-order valence-electron chi connectivity index (χ1n) is 4.60. The first kappa shape index (κ1) is 15.3. The molecule has 0 aromatic carbocycles. The molecule has 0 fully saturated rings. The zero-order chi connectivity index (χ0) is 14.8. The Balaban J connectivity index is 3.47. The van der Waals surface area contributed by atoms with Gasteiger partial charge in [0.25, 0.3) is 0 Å². The highest BCUT2D eigenvalue weighted by atomic mass is 19.4. The van der Waals surface area contributed by atoms with Crippen LogP contribution in [0.2, 0.25) is 0 Å². The van der Waals surface area contributed by atoms with Gasteiger partial charge in [-0.05, 0) is 0 Å². The molecule has 0 saturated carbocycles. The van der Waals surface area contributed by atoms with E-state index in [0.29, 0.717) is 6.07 Å². The molecular formula is C9H7F6NO3. The van der Waals surface area contributed by atoms with Crippen LogP contribution in [0.4, 0.5) is 26.3 Å². The maximum Gasteiger partial charge on any atom is 0.574 e. The number of rotatable bonds is 3. The summed E-state index contributed by atoms with van der Waals surface area (Å²) in [4.78, 5) is 2.96.